The molecule has 10 nitrogen and oxygen atoms in total. The fourth-order valence-corrected chi connectivity index (χ4v) is 4.37. The Kier molecular flexibility index (Phi) is 10.9. The molecule has 0 aliphatic heterocycles. The summed E-state index contributed by atoms with van der Waals surface area (Å²) in [7, 11) is 0. The Morgan fingerprint density at radius 1 is 1.08 bits per heavy atom. The molecular weight excluding hydrogens is 524 g/mol. The predicted octanol–water partition coefficient (Wildman–Crippen LogP) is 4.02. The van der Waals surface area contributed by atoms with Crippen molar-refractivity contribution >= 4 is 29.4 Å². The van der Waals surface area contributed by atoms with Crippen LogP contribution in [0.25, 0.3) is 0 Å². The molecule has 3 aromatic rings. The van der Waals surface area contributed by atoms with Gasteiger partial charge in [0.05, 0.1) is 0 Å². The molecule has 0 fully saturated rings. The molecule has 0 saturated carbocycles. The Labute approximate surface area is 231 Å². The number of carboxylic acids is 1. The van der Waals surface area contributed by atoms with Crippen LogP contribution in [0.4, 0.5) is 0 Å². The van der Waals surface area contributed by atoms with Gasteiger partial charge in [-0.3, -0.25) is 14.8 Å². The first-order chi connectivity index (χ1) is 18.7. The fourth-order valence-electron chi connectivity index (χ4n) is 4.09. The van der Waals surface area contributed by atoms with Crippen LogP contribution in [0.15, 0.2) is 54.6 Å². The van der Waals surface area contributed by atoms with Gasteiger partial charge < -0.3 is 19.7 Å². The number of unbranched alkanes of at least 4 members (excludes halogenated alkanes) is 1. The molecule has 2 unspecified atom stereocenters. The number of aryl methyl sites for hydroxylation is 1. The van der Waals surface area contributed by atoms with Crippen LogP contribution in [-0.2, 0) is 29.0 Å². The van der Waals surface area contributed by atoms with Crippen molar-refractivity contribution in [2.24, 2.45) is 0 Å². The predicted molar refractivity (Wildman–Crippen MR) is 145 cm³/mol. The SMILES string of the molecule is CCCCc1nc(Cl)c(C(=O)NC(CC(=O)NO)Cc2ccccc2)n1Cc1ccc(OC(C)C(=O)O)cc1. The van der Waals surface area contributed by atoms with Crippen molar-refractivity contribution in [1.82, 2.24) is 20.3 Å². The average molecular weight is 557 g/mol. The summed E-state index contributed by atoms with van der Waals surface area (Å²) in [4.78, 5) is 41.1. The first-order valence-corrected chi connectivity index (χ1v) is 13.1. The molecule has 0 spiro atoms. The molecule has 2 amide bonds. The highest BCUT2D eigenvalue weighted by molar-refractivity contribution is 6.32. The summed E-state index contributed by atoms with van der Waals surface area (Å²) in [5.74, 6) is -1.12. The van der Waals surface area contributed by atoms with E-state index >= 15 is 0 Å². The number of benzene rings is 2. The second-order valence-electron chi connectivity index (χ2n) is 9.20. The van der Waals surface area contributed by atoms with E-state index in [-0.39, 0.29) is 23.8 Å². The lowest BCUT2D eigenvalue weighted by molar-refractivity contribution is -0.144. The highest BCUT2D eigenvalue weighted by atomic mass is 35.5. The molecule has 0 aliphatic carbocycles. The summed E-state index contributed by atoms with van der Waals surface area (Å²) in [5, 5.41) is 21.1. The molecule has 4 N–H and O–H groups in total. The Morgan fingerprint density at radius 2 is 1.77 bits per heavy atom. The number of hydrogen-bond donors (Lipinski definition) is 4. The van der Waals surface area contributed by atoms with Gasteiger partial charge in [-0.05, 0) is 43.0 Å². The molecule has 3 rings (SSSR count). The largest absolute Gasteiger partial charge is 0.479 e. The number of amides is 2. The van der Waals surface area contributed by atoms with Crippen molar-refractivity contribution in [2.75, 3.05) is 0 Å². The number of ether oxygens (including phenoxy) is 1. The fraction of sp³-hybridized carbons (Fsp3) is 0.357. The van der Waals surface area contributed by atoms with Crippen molar-refractivity contribution < 1.29 is 29.4 Å². The number of hydrogen-bond acceptors (Lipinski definition) is 6. The van der Waals surface area contributed by atoms with Crippen molar-refractivity contribution in [3.05, 3.63) is 82.4 Å². The van der Waals surface area contributed by atoms with E-state index in [0.717, 1.165) is 24.0 Å². The zero-order valence-electron chi connectivity index (χ0n) is 21.9. The number of nitrogens with zero attached hydrogens (tertiary/aromatic N) is 2. The lowest BCUT2D eigenvalue weighted by Gasteiger charge is -2.19. The molecule has 208 valence electrons. The maximum Gasteiger partial charge on any atom is 0.344 e. The van der Waals surface area contributed by atoms with Gasteiger partial charge in [0, 0.05) is 25.4 Å². The Hall–Kier alpha value is -3.89. The molecule has 1 heterocycles. The molecule has 0 bridgehead atoms. The van der Waals surface area contributed by atoms with E-state index in [1.54, 1.807) is 34.3 Å². The van der Waals surface area contributed by atoms with E-state index in [0.29, 0.717) is 24.4 Å². The van der Waals surface area contributed by atoms with Crippen LogP contribution in [0.1, 0.15) is 60.5 Å². The van der Waals surface area contributed by atoms with Crippen LogP contribution < -0.4 is 15.5 Å². The maximum atomic E-state index is 13.5. The maximum absolute atomic E-state index is 13.5. The molecule has 1 aromatic heterocycles. The van der Waals surface area contributed by atoms with Gasteiger partial charge in [-0.15, -0.1) is 0 Å². The van der Waals surface area contributed by atoms with E-state index in [9.17, 15) is 14.4 Å². The third kappa shape index (κ3) is 8.56. The third-order valence-electron chi connectivity index (χ3n) is 6.11. The number of hydroxylamine groups is 1. The first kappa shape index (κ1) is 29.7. The van der Waals surface area contributed by atoms with Gasteiger partial charge in [-0.2, -0.15) is 0 Å². The molecule has 11 heteroatoms. The minimum atomic E-state index is -1.06. The van der Waals surface area contributed by atoms with Crippen LogP contribution in [0.2, 0.25) is 5.15 Å². The van der Waals surface area contributed by atoms with E-state index in [1.807, 2.05) is 30.3 Å². The highest BCUT2D eigenvalue weighted by Gasteiger charge is 2.25. The van der Waals surface area contributed by atoms with Crippen molar-refractivity contribution in [1.29, 1.82) is 0 Å². The molecule has 2 aromatic carbocycles. The van der Waals surface area contributed by atoms with E-state index in [1.165, 1.54) is 6.92 Å². The molecule has 2 atom stereocenters. The van der Waals surface area contributed by atoms with Gasteiger partial charge in [0.25, 0.3) is 5.91 Å². The number of aromatic nitrogens is 2. The van der Waals surface area contributed by atoms with Gasteiger partial charge >= 0.3 is 5.97 Å². The molecular formula is C28H33ClN4O6. The topological polar surface area (TPSA) is 143 Å². The zero-order chi connectivity index (χ0) is 28.4. The second-order valence-corrected chi connectivity index (χ2v) is 9.56. The number of carbonyl (C=O) groups is 3. The average Bonchev–Trinajstić information content (AvgIpc) is 3.23. The van der Waals surface area contributed by atoms with Crippen LogP contribution in [0.3, 0.4) is 0 Å². The van der Waals surface area contributed by atoms with Crippen molar-refractivity contribution in [3.63, 3.8) is 0 Å². The van der Waals surface area contributed by atoms with Gasteiger partial charge in [-0.1, -0.05) is 67.4 Å². The quantitative estimate of drug-likeness (QED) is 0.173. The summed E-state index contributed by atoms with van der Waals surface area (Å²) in [6.45, 7) is 3.79. The molecule has 0 saturated heterocycles. The standard InChI is InChI=1S/C28H33ClN4O6/c1-3-4-10-23-31-26(29)25(33(23)17-20-11-13-22(14-12-20)39-18(2)28(36)37)27(35)30-21(16-24(34)32-38)15-19-8-6-5-7-9-19/h5-9,11-14,18,21,38H,3-4,10,15-17H2,1-2H3,(H,30,35)(H,32,34)(H,36,37). The number of carboxylic acid groups (broad SMARTS) is 1. The lowest BCUT2D eigenvalue weighted by atomic mass is 10.0. The van der Waals surface area contributed by atoms with Crippen molar-refractivity contribution in [3.8, 4) is 5.75 Å². The van der Waals surface area contributed by atoms with E-state index in [2.05, 4.69) is 17.2 Å². The minimum Gasteiger partial charge on any atom is -0.479 e. The zero-order valence-corrected chi connectivity index (χ0v) is 22.6. The molecule has 0 aliphatic rings. The summed E-state index contributed by atoms with van der Waals surface area (Å²) in [6.07, 6.45) is 1.63. The lowest BCUT2D eigenvalue weighted by Crippen LogP contribution is -2.41. The number of nitrogens with one attached hydrogen (secondary N) is 2. The second kappa shape index (κ2) is 14.3. The Balaban J connectivity index is 1.87. The first-order valence-electron chi connectivity index (χ1n) is 12.7. The van der Waals surface area contributed by atoms with Gasteiger partial charge in [0.1, 0.15) is 17.3 Å². The van der Waals surface area contributed by atoms with Gasteiger partial charge in [0.2, 0.25) is 5.91 Å². The number of carbonyl (C=O) groups excluding carboxylic acids is 2. The molecule has 0 radical (unpaired) electrons. The van der Waals surface area contributed by atoms with Crippen LogP contribution in [0, 0.1) is 0 Å². The number of imidazole rings is 1. The van der Waals surface area contributed by atoms with E-state index < -0.39 is 29.9 Å². The number of rotatable bonds is 14. The van der Waals surface area contributed by atoms with Gasteiger partial charge in [-0.25, -0.2) is 15.3 Å². The molecule has 39 heavy (non-hydrogen) atoms. The van der Waals surface area contributed by atoms with E-state index in [4.69, 9.17) is 26.7 Å². The number of halogens is 1. The monoisotopic (exact) mass is 556 g/mol. The minimum absolute atomic E-state index is 0.0545. The van der Waals surface area contributed by atoms with Gasteiger partial charge in [0.15, 0.2) is 11.3 Å². The van der Waals surface area contributed by atoms with Crippen molar-refractivity contribution in [2.45, 2.75) is 64.6 Å². The Bertz CT molecular complexity index is 1260. The summed E-state index contributed by atoms with van der Waals surface area (Å²) < 4.78 is 7.16. The normalized spacial score (nSPS) is 12.4. The highest BCUT2D eigenvalue weighted by Crippen LogP contribution is 2.23. The Morgan fingerprint density at radius 3 is 2.38 bits per heavy atom. The summed E-state index contributed by atoms with van der Waals surface area (Å²) in [6, 6.07) is 15.7. The summed E-state index contributed by atoms with van der Waals surface area (Å²) >= 11 is 6.49. The van der Waals surface area contributed by atoms with Crippen LogP contribution >= 0.6 is 11.6 Å². The third-order valence-corrected chi connectivity index (χ3v) is 6.38. The van der Waals surface area contributed by atoms with Crippen LogP contribution in [-0.4, -0.2) is 49.8 Å². The smallest absolute Gasteiger partial charge is 0.344 e. The number of aliphatic carboxylic acids is 1. The summed E-state index contributed by atoms with van der Waals surface area (Å²) in [5.41, 5.74) is 3.53. The van der Waals surface area contributed by atoms with Crippen LogP contribution in [0.5, 0.6) is 5.75 Å².